The quantitative estimate of drug-likeness (QED) is 0.592. The number of pyridine rings is 1. The van der Waals surface area contributed by atoms with Crippen molar-refractivity contribution in [1.29, 1.82) is 5.26 Å². The topological polar surface area (TPSA) is 53.8 Å². The predicted octanol–water partition coefficient (Wildman–Crippen LogP) is 2.44. The Kier molecular flexibility index (Phi) is 3.69. The summed E-state index contributed by atoms with van der Waals surface area (Å²) < 4.78 is 24.9. The molecule has 1 aromatic heterocycles. The molecule has 78 valence electrons. The molecular formula is C9H5ClF2N2O. The number of rotatable bonds is 3. The van der Waals surface area contributed by atoms with E-state index < -0.39 is 12.0 Å². The number of hydrogen-bond donors (Lipinski definition) is 0. The number of carbonyl (C=O) groups is 1. The third-order valence-corrected chi connectivity index (χ3v) is 2.01. The van der Waals surface area contributed by atoms with Crippen LogP contribution in [0.3, 0.4) is 0 Å². The van der Waals surface area contributed by atoms with Gasteiger partial charge in [-0.2, -0.15) is 5.26 Å². The Hall–Kier alpha value is -1.54. The molecule has 0 saturated heterocycles. The van der Waals surface area contributed by atoms with Gasteiger partial charge in [-0.3, -0.25) is 4.79 Å². The molecule has 6 heteroatoms. The van der Waals surface area contributed by atoms with E-state index in [9.17, 15) is 13.6 Å². The lowest BCUT2D eigenvalue weighted by Gasteiger charge is -2.06. The molecule has 1 aromatic rings. The third kappa shape index (κ3) is 2.28. The summed E-state index contributed by atoms with van der Waals surface area (Å²) >= 11 is 5.45. The monoisotopic (exact) mass is 230 g/mol. The van der Waals surface area contributed by atoms with Crippen LogP contribution in [0.1, 0.15) is 33.7 Å². The van der Waals surface area contributed by atoms with Crippen molar-refractivity contribution in [2.75, 3.05) is 0 Å². The van der Waals surface area contributed by atoms with Crippen LogP contribution in [0.25, 0.3) is 0 Å². The fourth-order valence-corrected chi connectivity index (χ4v) is 1.25. The smallest absolute Gasteiger partial charge is 0.266 e. The Labute approximate surface area is 89.3 Å². The van der Waals surface area contributed by atoms with Gasteiger partial charge in [0.05, 0.1) is 17.1 Å². The molecule has 0 aliphatic heterocycles. The van der Waals surface area contributed by atoms with Crippen molar-refractivity contribution in [1.82, 2.24) is 4.98 Å². The van der Waals surface area contributed by atoms with Gasteiger partial charge in [0.15, 0.2) is 6.29 Å². The molecular weight excluding hydrogens is 226 g/mol. The second kappa shape index (κ2) is 4.80. The molecule has 0 aliphatic rings. The van der Waals surface area contributed by atoms with Crippen molar-refractivity contribution >= 4 is 17.9 Å². The van der Waals surface area contributed by atoms with Gasteiger partial charge in [0.2, 0.25) is 0 Å². The molecule has 0 aliphatic carbocycles. The standard InChI is InChI=1S/C9H5ClF2N2O/c10-2-7-5(3-13)1-6(9(11)12)8(4-15)14-7/h1,4,9H,2H2. The first kappa shape index (κ1) is 11.5. The number of halogens is 3. The average molecular weight is 231 g/mol. The molecule has 1 heterocycles. The van der Waals surface area contributed by atoms with Crippen LogP contribution in [0.2, 0.25) is 0 Å². The van der Waals surface area contributed by atoms with E-state index in [0.29, 0.717) is 0 Å². The maximum Gasteiger partial charge on any atom is 0.266 e. The van der Waals surface area contributed by atoms with Crippen LogP contribution >= 0.6 is 11.6 Å². The lowest BCUT2D eigenvalue weighted by molar-refractivity contribution is 0.110. The van der Waals surface area contributed by atoms with Gasteiger partial charge in [-0.05, 0) is 6.07 Å². The van der Waals surface area contributed by atoms with Crippen molar-refractivity contribution in [3.8, 4) is 6.07 Å². The highest BCUT2D eigenvalue weighted by Crippen LogP contribution is 2.23. The number of hydrogen-bond acceptors (Lipinski definition) is 3. The Morgan fingerprint density at radius 2 is 2.33 bits per heavy atom. The first-order valence-electron chi connectivity index (χ1n) is 3.87. The fourth-order valence-electron chi connectivity index (χ4n) is 1.05. The Morgan fingerprint density at radius 1 is 1.67 bits per heavy atom. The predicted molar refractivity (Wildman–Crippen MR) is 48.9 cm³/mol. The van der Waals surface area contributed by atoms with Crippen LogP contribution in [-0.4, -0.2) is 11.3 Å². The molecule has 1 rings (SSSR count). The SMILES string of the molecule is N#Cc1cc(C(F)F)c(C=O)nc1CCl. The fraction of sp³-hybridized carbons (Fsp3) is 0.222. The number of aldehydes is 1. The lowest BCUT2D eigenvalue weighted by atomic mass is 10.1. The summed E-state index contributed by atoms with van der Waals surface area (Å²) in [6, 6.07) is 2.64. The summed E-state index contributed by atoms with van der Waals surface area (Å²) in [7, 11) is 0. The zero-order valence-electron chi connectivity index (χ0n) is 7.38. The van der Waals surface area contributed by atoms with Crippen molar-refractivity contribution in [3.05, 3.63) is 28.6 Å². The van der Waals surface area contributed by atoms with Crippen LogP contribution in [-0.2, 0) is 5.88 Å². The largest absolute Gasteiger partial charge is 0.296 e. The van der Waals surface area contributed by atoms with Crippen molar-refractivity contribution in [2.24, 2.45) is 0 Å². The molecule has 0 fully saturated rings. The van der Waals surface area contributed by atoms with Gasteiger partial charge in [-0.25, -0.2) is 13.8 Å². The molecule has 0 bridgehead atoms. The Morgan fingerprint density at radius 3 is 2.73 bits per heavy atom. The molecule has 0 aromatic carbocycles. The molecule has 0 saturated carbocycles. The van der Waals surface area contributed by atoms with E-state index in [2.05, 4.69) is 4.98 Å². The lowest BCUT2D eigenvalue weighted by Crippen LogP contribution is -2.03. The zero-order chi connectivity index (χ0) is 11.4. The summed E-state index contributed by atoms with van der Waals surface area (Å²) in [5, 5.41) is 8.64. The minimum Gasteiger partial charge on any atom is -0.296 e. The molecule has 0 unspecified atom stereocenters. The number of alkyl halides is 3. The molecule has 15 heavy (non-hydrogen) atoms. The van der Waals surface area contributed by atoms with Gasteiger partial charge in [0.1, 0.15) is 11.8 Å². The summed E-state index contributed by atoms with van der Waals surface area (Å²) in [4.78, 5) is 14.1. The van der Waals surface area contributed by atoms with Crippen LogP contribution in [0.4, 0.5) is 8.78 Å². The van der Waals surface area contributed by atoms with Crippen molar-refractivity contribution < 1.29 is 13.6 Å². The number of nitrogens with zero attached hydrogens (tertiary/aromatic N) is 2. The molecule has 0 N–H and O–H groups in total. The van der Waals surface area contributed by atoms with Gasteiger partial charge in [0, 0.05) is 5.56 Å². The van der Waals surface area contributed by atoms with E-state index >= 15 is 0 Å². The second-order valence-corrected chi connectivity index (χ2v) is 2.89. The highest BCUT2D eigenvalue weighted by molar-refractivity contribution is 6.17. The normalized spacial score (nSPS) is 10.1. The average Bonchev–Trinajstić information content (AvgIpc) is 2.26. The van der Waals surface area contributed by atoms with Gasteiger partial charge < -0.3 is 0 Å². The third-order valence-electron chi connectivity index (χ3n) is 1.76. The summed E-state index contributed by atoms with van der Waals surface area (Å²) in [5.41, 5.74) is -0.827. The summed E-state index contributed by atoms with van der Waals surface area (Å²) in [6.07, 6.45) is -2.62. The van der Waals surface area contributed by atoms with E-state index in [-0.39, 0.29) is 29.1 Å². The van der Waals surface area contributed by atoms with Crippen LogP contribution < -0.4 is 0 Å². The van der Waals surface area contributed by atoms with Gasteiger partial charge in [-0.1, -0.05) is 0 Å². The maximum atomic E-state index is 12.4. The van der Waals surface area contributed by atoms with Crippen molar-refractivity contribution in [3.63, 3.8) is 0 Å². The number of aromatic nitrogens is 1. The van der Waals surface area contributed by atoms with Crippen LogP contribution in [0.5, 0.6) is 0 Å². The molecule has 3 nitrogen and oxygen atoms in total. The molecule has 0 atom stereocenters. The summed E-state index contributed by atoms with van der Waals surface area (Å²) in [6.45, 7) is 0. The van der Waals surface area contributed by atoms with E-state index in [1.54, 1.807) is 6.07 Å². The van der Waals surface area contributed by atoms with E-state index in [4.69, 9.17) is 16.9 Å². The van der Waals surface area contributed by atoms with Crippen LogP contribution in [0.15, 0.2) is 6.07 Å². The minimum atomic E-state index is -2.84. The second-order valence-electron chi connectivity index (χ2n) is 2.62. The molecule has 0 amide bonds. The van der Waals surface area contributed by atoms with Gasteiger partial charge in [0.25, 0.3) is 6.43 Å². The first-order valence-corrected chi connectivity index (χ1v) is 4.40. The highest BCUT2D eigenvalue weighted by Gasteiger charge is 2.17. The minimum absolute atomic E-state index is 0.0362. The molecule has 0 radical (unpaired) electrons. The first-order chi connectivity index (χ1) is 7.13. The highest BCUT2D eigenvalue weighted by atomic mass is 35.5. The van der Waals surface area contributed by atoms with Crippen molar-refractivity contribution in [2.45, 2.75) is 12.3 Å². The van der Waals surface area contributed by atoms with E-state index in [0.717, 1.165) is 6.07 Å². The molecule has 0 spiro atoms. The van der Waals surface area contributed by atoms with Crippen LogP contribution in [0, 0.1) is 11.3 Å². The Balaban J connectivity index is 3.42. The summed E-state index contributed by atoms with van der Waals surface area (Å²) in [5.74, 6) is -0.104. The van der Waals surface area contributed by atoms with E-state index in [1.165, 1.54) is 0 Å². The Bertz CT molecular complexity index is 429. The van der Waals surface area contributed by atoms with Gasteiger partial charge in [-0.15, -0.1) is 11.6 Å². The van der Waals surface area contributed by atoms with Gasteiger partial charge >= 0.3 is 0 Å². The zero-order valence-corrected chi connectivity index (χ0v) is 8.13. The number of nitriles is 1. The number of carbonyl (C=O) groups excluding carboxylic acids is 1. The maximum absolute atomic E-state index is 12.4. The van der Waals surface area contributed by atoms with E-state index in [1.807, 2.05) is 0 Å².